The Hall–Kier alpha value is -1.98. The number of fused-ring (bicyclic) bond motifs is 2. The van der Waals surface area contributed by atoms with E-state index < -0.39 is 7.92 Å². The Bertz CT molecular complexity index is 930. The molecule has 0 N–H and O–H groups in total. The van der Waals surface area contributed by atoms with Gasteiger partial charge in [-0.3, -0.25) is 4.98 Å². The SMILES string of the molecule is CC1(C)[C@@H]2CC[C@@]1(C)[C@@H](c1ccccn1)[C@@H]2P(c1ccccc1)c1ccccc1. The molecule has 1 nitrogen and oxygen atoms in total. The normalized spacial score (nSPS) is 30.0. The Morgan fingerprint density at radius 1 is 0.793 bits per heavy atom. The van der Waals surface area contributed by atoms with Crippen LogP contribution in [0.4, 0.5) is 0 Å². The standard InChI is InChI=1S/C27H30NP/c1-26(2)22-17-18-27(26,3)24(23-16-10-11-19-28-23)25(22)29(20-12-6-4-7-13-20)21-14-8-5-9-15-21/h4-16,19,22,24-25H,17-18H2,1-3H3/t22-,24+,25-,27+/m1/s1. The highest BCUT2D eigenvalue weighted by molar-refractivity contribution is 7.73. The highest BCUT2D eigenvalue weighted by Crippen LogP contribution is 2.76. The summed E-state index contributed by atoms with van der Waals surface area (Å²) in [5, 5.41) is 3.01. The molecule has 2 aliphatic rings. The molecule has 0 aliphatic heterocycles. The predicted octanol–water partition coefficient (Wildman–Crippen LogP) is 6.12. The second-order valence-corrected chi connectivity index (χ2v) is 11.9. The van der Waals surface area contributed by atoms with E-state index in [1.807, 2.05) is 6.20 Å². The maximum atomic E-state index is 4.92. The molecule has 0 spiro atoms. The molecule has 0 amide bonds. The van der Waals surface area contributed by atoms with Crippen molar-refractivity contribution in [2.24, 2.45) is 16.7 Å². The number of hydrogen-bond donors (Lipinski definition) is 0. The third kappa shape index (κ3) is 2.82. The molecule has 2 aliphatic carbocycles. The highest BCUT2D eigenvalue weighted by atomic mass is 31.1. The Balaban J connectivity index is 1.72. The Labute approximate surface area is 176 Å². The van der Waals surface area contributed by atoms with Gasteiger partial charge in [-0.1, -0.05) is 87.5 Å². The molecule has 2 bridgehead atoms. The van der Waals surface area contributed by atoms with Crippen molar-refractivity contribution in [3.8, 4) is 0 Å². The van der Waals surface area contributed by atoms with Crippen LogP contribution < -0.4 is 10.6 Å². The van der Waals surface area contributed by atoms with Crippen molar-refractivity contribution in [2.75, 3.05) is 0 Å². The molecule has 2 fully saturated rings. The molecule has 5 rings (SSSR count). The van der Waals surface area contributed by atoms with Gasteiger partial charge in [-0.2, -0.15) is 0 Å². The van der Waals surface area contributed by atoms with Gasteiger partial charge in [-0.25, -0.2) is 0 Å². The van der Waals surface area contributed by atoms with Crippen LogP contribution in [0.25, 0.3) is 0 Å². The van der Waals surface area contributed by atoms with Crippen LogP contribution in [0.15, 0.2) is 85.1 Å². The van der Waals surface area contributed by atoms with E-state index in [-0.39, 0.29) is 0 Å². The maximum Gasteiger partial charge on any atom is 0.0446 e. The molecule has 1 heterocycles. The predicted molar refractivity (Wildman–Crippen MR) is 124 cm³/mol. The first-order chi connectivity index (χ1) is 14.0. The first kappa shape index (κ1) is 19.0. The summed E-state index contributed by atoms with van der Waals surface area (Å²) in [7, 11) is -0.460. The lowest BCUT2D eigenvalue weighted by Crippen LogP contribution is -2.35. The molecule has 0 unspecified atom stereocenters. The van der Waals surface area contributed by atoms with Crippen molar-refractivity contribution >= 4 is 18.5 Å². The number of aromatic nitrogens is 1. The summed E-state index contributed by atoms with van der Waals surface area (Å²) in [6.45, 7) is 7.62. The zero-order valence-corrected chi connectivity index (χ0v) is 18.5. The van der Waals surface area contributed by atoms with Crippen LogP contribution in [0.3, 0.4) is 0 Å². The minimum atomic E-state index is -0.460. The summed E-state index contributed by atoms with van der Waals surface area (Å²) in [6, 6.07) is 29.1. The molecule has 4 atom stereocenters. The molecule has 0 saturated heterocycles. The van der Waals surface area contributed by atoms with Crippen LogP contribution in [0.2, 0.25) is 0 Å². The molecule has 29 heavy (non-hydrogen) atoms. The van der Waals surface area contributed by atoms with Gasteiger partial charge in [0.15, 0.2) is 0 Å². The van der Waals surface area contributed by atoms with E-state index in [1.54, 1.807) is 0 Å². The van der Waals surface area contributed by atoms with Gasteiger partial charge in [0.1, 0.15) is 0 Å². The number of pyridine rings is 1. The Morgan fingerprint density at radius 3 is 1.93 bits per heavy atom. The summed E-state index contributed by atoms with van der Waals surface area (Å²) in [6.07, 6.45) is 4.65. The number of nitrogens with zero attached hydrogens (tertiary/aromatic N) is 1. The van der Waals surface area contributed by atoms with E-state index in [0.717, 1.165) is 5.92 Å². The summed E-state index contributed by atoms with van der Waals surface area (Å²) in [4.78, 5) is 4.92. The zero-order chi connectivity index (χ0) is 20.1. The minimum absolute atomic E-state index is 0.292. The van der Waals surface area contributed by atoms with Crippen LogP contribution in [0.5, 0.6) is 0 Å². The molecule has 1 aromatic heterocycles. The zero-order valence-electron chi connectivity index (χ0n) is 17.6. The lowest BCUT2D eigenvalue weighted by Gasteiger charge is -2.42. The Morgan fingerprint density at radius 2 is 1.38 bits per heavy atom. The molecule has 2 heteroatoms. The molecule has 0 radical (unpaired) electrons. The van der Waals surface area contributed by atoms with Crippen molar-refractivity contribution in [1.29, 1.82) is 0 Å². The molecular formula is C27H30NP. The Kier molecular flexibility index (Phi) is 4.63. The average Bonchev–Trinajstić information content (AvgIpc) is 3.08. The van der Waals surface area contributed by atoms with Crippen molar-refractivity contribution in [3.63, 3.8) is 0 Å². The smallest absolute Gasteiger partial charge is 0.0446 e. The third-order valence-electron chi connectivity index (χ3n) is 8.19. The average molecular weight is 400 g/mol. The van der Waals surface area contributed by atoms with Gasteiger partial charge in [0.05, 0.1) is 0 Å². The molecular weight excluding hydrogens is 369 g/mol. The fraction of sp³-hybridized carbons (Fsp3) is 0.370. The molecule has 2 aromatic carbocycles. The first-order valence-corrected chi connectivity index (χ1v) is 12.3. The quantitative estimate of drug-likeness (QED) is 0.482. The lowest BCUT2D eigenvalue weighted by atomic mass is 9.66. The largest absolute Gasteiger partial charge is 0.261 e. The van der Waals surface area contributed by atoms with Crippen molar-refractivity contribution < 1.29 is 0 Å². The van der Waals surface area contributed by atoms with E-state index in [9.17, 15) is 0 Å². The molecule has 148 valence electrons. The third-order valence-corrected chi connectivity index (χ3v) is 11.2. The van der Waals surface area contributed by atoms with E-state index >= 15 is 0 Å². The van der Waals surface area contributed by atoms with Crippen LogP contribution in [-0.2, 0) is 0 Å². The van der Waals surface area contributed by atoms with Crippen molar-refractivity contribution in [2.45, 2.75) is 45.2 Å². The maximum absolute atomic E-state index is 4.92. The van der Waals surface area contributed by atoms with E-state index in [1.165, 1.54) is 29.1 Å². The van der Waals surface area contributed by atoms with Gasteiger partial charge >= 0.3 is 0 Å². The van der Waals surface area contributed by atoms with Gasteiger partial charge in [0.2, 0.25) is 0 Å². The van der Waals surface area contributed by atoms with Gasteiger partial charge in [0, 0.05) is 17.8 Å². The van der Waals surface area contributed by atoms with Crippen LogP contribution >= 0.6 is 7.92 Å². The summed E-state index contributed by atoms with van der Waals surface area (Å²) >= 11 is 0. The van der Waals surface area contributed by atoms with E-state index in [0.29, 0.717) is 22.4 Å². The van der Waals surface area contributed by atoms with Crippen molar-refractivity contribution in [3.05, 3.63) is 90.8 Å². The van der Waals surface area contributed by atoms with Crippen LogP contribution in [0.1, 0.15) is 45.2 Å². The lowest BCUT2D eigenvalue weighted by molar-refractivity contribution is 0.133. The number of rotatable bonds is 4. The van der Waals surface area contributed by atoms with Gasteiger partial charge < -0.3 is 0 Å². The molecule has 3 aromatic rings. The second kappa shape index (κ2) is 7.06. The fourth-order valence-electron chi connectivity index (χ4n) is 6.39. The summed E-state index contributed by atoms with van der Waals surface area (Å²) in [5.41, 5.74) is 2.54. The number of hydrogen-bond acceptors (Lipinski definition) is 1. The van der Waals surface area contributed by atoms with E-state index in [4.69, 9.17) is 4.98 Å². The van der Waals surface area contributed by atoms with Crippen LogP contribution in [-0.4, -0.2) is 10.6 Å². The van der Waals surface area contributed by atoms with Crippen LogP contribution in [0, 0.1) is 16.7 Å². The summed E-state index contributed by atoms with van der Waals surface area (Å²) < 4.78 is 0. The minimum Gasteiger partial charge on any atom is -0.261 e. The van der Waals surface area contributed by atoms with Gasteiger partial charge in [-0.15, -0.1) is 0 Å². The number of benzene rings is 2. The molecule has 2 saturated carbocycles. The first-order valence-electron chi connectivity index (χ1n) is 10.8. The summed E-state index contributed by atoms with van der Waals surface area (Å²) in [5.74, 6) is 1.23. The van der Waals surface area contributed by atoms with Gasteiger partial charge in [-0.05, 0) is 65.9 Å². The fourth-order valence-corrected chi connectivity index (χ4v) is 10.0. The van der Waals surface area contributed by atoms with Crippen molar-refractivity contribution in [1.82, 2.24) is 4.98 Å². The monoisotopic (exact) mass is 399 g/mol. The van der Waals surface area contributed by atoms with E-state index in [2.05, 4.69) is 99.6 Å². The highest BCUT2D eigenvalue weighted by Gasteiger charge is 2.68. The second-order valence-electron chi connectivity index (χ2n) is 9.55. The topological polar surface area (TPSA) is 12.9 Å². The van der Waals surface area contributed by atoms with Gasteiger partial charge in [0.25, 0.3) is 0 Å².